The first kappa shape index (κ1) is 26.6. The monoisotopic (exact) mass is 398 g/mol. The summed E-state index contributed by atoms with van der Waals surface area (Å²) in [6.45, 7) is -0.998. The first-order chi connectivity index (χ1) is 11.2. The van der Waals surface area contributed by atoms with Gasteiger partial charge in [0.2, 0.25) is 0 Å². The highest BCUT2D eigenvalue weighted by Gasteiger charge is 2.48. The number of rotatable bonds is 12. The molecular weight excluding hydrogens is 370 g/mol. The van der Waals surface area contributed by atoms with Crippen LogP contribution >= 0.6 is 17.2 Å². The number of hydrogen-bond acceptors (Lipinski definition) is 11. The van der Waals surface area contributed by atoms with Crippen molar-refractivity contribution in [3.63, 3.8) is 0 Å². The Kier molecular flexibility index (Phi) is 16.2. The minimum Gasteiger partial charge on any atom is -0.395 e. The molecule has 8 N–H and O–H groups in total. The minimum atomic E-state index is -2.61. The number of aliphatic hydroxyl groups is 4. The third-order valence-corrected chi connectivity index (χ3v) is 4.65. The van der Waals surface area contributed by atoms with Gasteiger partial charge in [-0.1, -0.05) is 0 Å². The Balaban J connectivity index is 0. The first-order valence-corrected chi connectivity index (χ1v) is 9.08. The first-order valence-electron chi connectivity index (χ1n) is 6.75. The van der Waals surface area contributed by atoms with Gasteiger partial charge in [0.15, 0.2) is 0 Å². The van der Waals surface area contributed by atoms with E-state index in [1.54, 1.807) is 0 Å². The average molecular weight is 398 g/mol. The van der Waals surface area contributed by atoms with Gasteiger partial charge in [-0.25, -0.2) is 4.31 Å². The van der Waals surface area contributed by atoms with Crippen molar-refractivity contribution in [2.75, 3.05) is 47.3 Å². The Hall–Kier alpha value is 0.420. The third kappa shape index (κ3) is 9.79. The number of ether oxygens (including phenoxy) is 2. The Morgan fingerprint density at radius 1 is 0.750 bits per heavy atom. The molecule has 0 radical (unpaired) electrons. The average Bonchev–Trinajstić information content (AvgIpc) is 2.52. The summed E-state index contributed by atoms with van der Waals surface area (Å²) in [5.74, 6) is 0. The van der Waals surface area contributed by atoms with Gasteiger partial charge >= 0.3 is 17.2 Å². The van der Waals surface area contributed by atoms with E-state index in [4.69, 9.17) is 29.0 Å². The van der Waals surface area contributed by atoms with Crippen LogP contribution in [-0.4, -0.2) is 92.9 Å². The molecule has 0 rings (SSSR count). The van der Waals surface area contributed by atoms with Crippen LogP contribution in [0.5, 0.6) is 0 Å². The Bertz CT molecular complexity index is 267. The highest BCUT2D eigenvalue weighted by Crippen LogP contribution is 2.41. The van der Waals surface area contributed by atoms with E-state index in [2.05, 4.69) is 4.31 Å². The molecule has 0 bridgehead atoms. The molecule has 11 nitrogen and oxygen atoms in total. The second-order valence-corrected chi connectivity index (χ2v) is 6.52. The molecular formula is C11H28O11P2. The highest BCUT2D eigenvalue weighted by molar-refractivity contribution is 7.53. The van der Waals surface area contributed by atoms with E-state index < -0.39 is 48.0 Å². The molecule has 0 aromatic rings. The summed E-state index contributed by atoms with van der Waals surface area (Å²) in [7, 11) is -2.23. The van der Waals surface area contributed by atoms with Crippen LogP contribution in [-0.2, 0) is 13.8 Å². The van der Waals surface area contributed by atoms with Crippen molar-refractivity contribution in [2.24, 2.45) is 5.41 Å². The minimum absolute atomic E-state index is 0.203. The van der Waals surface area contributed by atoms with E-state index in [9.17, 15) is 20.4 Å². The zero-order valence-electron chi connectivity index (χ0n) is 13.6. The van der Waals surface area contributed by atoms with E-state index >= 15 is 0 Å². The number of aliphatic hydroxyl groups excluding tert-OH is 3. The molecule has 24 heavy (non-hydrogen) atoms. The van der Waals surface area contributed by atoms with Crippen molar-refractivity contribution in [2.45, 2.75) is 18.4 Å². The Morgan fingerprint density at radius 3 is 1.25 bits per heavy atom. The van der Waals surface area contributed by atoms with E-state index in [0.29, 0.717) is 0 Å². The van der Waals surface area contributed by atoms with Crippen molar-refractivity contribution >= 4 is 17.2 Å². The van der Waals surface area contributed by atoms with Crippen molar-refractivity contribution < 1.29 is 53.8 Å². The maximum atomic E-state index is 10.5. The standard InChI is InChI=1S/C11H24O6.H4O5P2/c1-16-5-3-11(15,4-6-17-2)10(7-12,8-13)9-14;1-6(2)5-7(3)4/h12-15H,3-9H2,1-2H3;1-4H. The van der Waals surface area contributed by atoms with Crippen LogP contribution in [0.1, 0.15) is 12.8 Å². The van der Waals surface area contributed by atoms with Crippen molar-refractivity contribution in [1.29, 1.82) is 0 Å². The van der Waals surface area contributed by atoms with Gasteiger partial charge in [0.05, 0.1) is 30.8 Å². The molecule has 0 saturated heterocycles. The van der Waals surface area contributed by atoms with Crippen LogP contribution in [0.15, 0.2) is 0 Å². The summed E-state index contributed by atoms with van der Waals surface area (Å²) >= 11 is 0. The molecule has 0 amide bonds. The second kappa shape index (κ2) is 14.6. The molecule has 0 heterocycles. The largest absolute Gasteiger partial charge is 0.395 e. The fraction of sp³-hybridized carbons (Fsp3) is 1.00. The normalized spacial score (nSPS) is 12.5. The lowest BCUT2D eigenvalue weighted by atomic mass is 9.70. The molecule has 0 aliphatic carbocycles. The lowest BCUT2D eigenvalue weighted by Crippen LogP contribution is -2.56. The topological polar surface area (TPSA) is 190 Å². The van der Waals surface area contributed by atoms with E-state index in [0.717, 1.165) is 0 Å². The van der Waals surface area contributed by atoms with Crippen LogP contribution in [0, 0.1) is 5.41 Å². The van der Waals surface area contributed by atoms with Gasteiger partial charge in [-0.2, -0.15) is 0 Å². The van der Waals surface area contributed by atoms with Crippen molar-refractivity contribution in [3.05, 3.63) is 0 Å². The predicted molar refractivity (Wildman–Crippen MR) is 85.4 cm³/mol. The van der Waals surface area contributed by atoms with Crippen LogP contribution in [0.4, 0.5) is 0 Å². The van der Waals surface area contributed by atoms with Gasteiger partial charge < -0.3 is 49.5 Å². The molecule has 0 aromatic carbocycles. The summed E-state index contributed by atoms with van der Waals surface area (Å²) in [6.07, 6.45) is 0.406. The zero-order valence-corrected chi connectivity index (χ0v) is 15.4. The van der Waals surface area contributed by atoms with Crippen LogP contribution in [0.2, 0.25) is 0 Å². The maximum Gasteiger partial charge on any atom is 0.334 e. The predicted octanol–water partition coefficient (Wildman–Crippen LogP) is -1.82. The van der Waals surface area contributed by atoms with E-state index in [1.165, 1.54) is 14.2 Å². The maximum absolute atomic E-state index is 10.5. The number of methoxy groups -OCH3 is 2. The van der Waals surface area contributed by atoms with E-state index in [-0.39, 0.29) is 26.1 Å². The number of hydrogen-bond donors (Lipinski definition) is 8. The summed E-state index contributed by atoms with van der Waals surface area (Å²) in [4.78, 5) is 31.3. The molecule has 148 valence electrons. The molecule has 0 unspecified atom stereocenters. The second-order valence-electron chi connectivity index (χ2n) is 4.86. The molecule has 0 fully saturated rings. The summed E-state index contributed by atoms with van der Waals surface area (Å²) in [5, 5.41) is 38.6. The van der Waals surface area contributed by atoms with Crippen LogP contribution < -0.4 is 0 Å². The lowest BCUT2D eigenvalue weighted by Gasteiger charge is -2.44. The molecule has 0 spiro atoms. The molecule has 13 heteroatoms. The SMILES string of the molecule is COCCC(O)(CCOC)C(CO)(CO)CO.OP(O)OP(O)O. The van der Waals surface area contributed by atoms with Gasteiger partial charge in [0.1, 0.15) is 0 Å². The van der Waals surface area contributed by atoms with Gasteiger partial charge in [-0.05, 0) is 0 Å². The molecule has 0 atom stereocenters. The molecule has 0 aliphatic heterocycles. The summed E-state index contributed by atoms with van der Waals surface area (Å²) < 4.78 is 13.4. The smallest absolute Gasteiger partial charge is 0.334 e. The Morgan fingerprint density at radius 2 is 1.08 bits per heavy atom. The quantitative estimate of drug-likeness (QED) is 0.173. The lowest BCUT2D eigenvalue weighted by molar-refractivity contribution is -0.170. The van der Waals surface area contributed by atoms with E-state index in [1.807, 2.05) is 0 Å². The molecule has 0 aromatic heterocycles. The van der Waals surface area contributed by atoms with Gasteiger partial charge in [-0.3, -0.25) is 0 Å². The highest BCUT2D eigenvalue weighted by atomic mass is 31.2. The van der Waals surface area contributed by atoms with Crippen LogP contribution in [0.3, 0.4) is 0 Å². The fourth-order valence-electron chi connectivity index (χ4n) is 1.85. The van der Waals surface area contributed by atoms with Gasteiger partial charge in [0, 0.05) is 40.3 Å². The van der Waals surface area contributed by atoms with Crippen molar-refractivity contribution in [1.82, 2.24) is 0 Å². The fourth-order valence-corrected chi connectivity index (χ4v) is 2.38. The Labute approximate surface area is 143 Å². The summed E-state index contributed by atoms with van der Waals surface area (Å²) in [6, 6.07) is 0. The van der Waals surface area contributed by atoms with Crippen molar-refractivity contribution in [3.8, 4) is 0 Å². The molecule has 0 saturated carbocycles. The third-order valence-electron chi connectivity index (χ3n) is 3.48. The van der Waals surface area contributed by atoms with Gasteiger partial charge in [-0.15, -0.1) is 0 Å². The van der Waals surface area contributed by atoms with Gasteiger partial charge in [0.25, 0.3) is 0 Å². The zero-order chi connectivity index (χ0) is 19.2. The van der Waals surface area contributed by atoms with Crippen LogP contribution in [0.25, 0.3) is 0 Å². The summed E-state index contributed by atoms with van der Waals surface area (Å²) in [5.41, 5.74) is -2.79. The molecule has 0 aliphatic rings.